The van der Waals surface area contributed by atoms with Gasteiger partial charge in [0.2, 0.25) is 0 Å². The lowest BCUT2D eigenvalue weighted by atomic mass is 10.2. The van der Waals surface area contributed by atoms with Crippen LogP contribution in [-0.2, 0) is 0 Å². The molecule has 0 aliphatic carbocycles. The van der Waals surface area contributed by atoms with Gasteiger partial charge in [-0.05, 0) is 30.3 Å². The van der Waals surface area contributed by atoms with E-state index in [1.807, 2.05) is 6.07 Å². The molecule has 3 rings (SSSR count). The molecule has 0 aliphatic heterocycles. The second-order valence-corrected chi connectivity index (χ2v) is 5.09. The summed E-state index contributed by atoms with van der Waals surface area (Å²) in [6.07, 6.45) is 0. The van der Waals surface area contributed by atoms with E-state index in [0.717, 1.165) is 10.8 Å². The summed E-state index contributed by atoms with van der Waals surface area (Å²) < 4.78 is 27.6. The van der Waals surface area contributed by atoms with Crippen LogP contribution in [0.2, 0.25) is 0 Å². The fourth-order valence-corrected chi connectivity index (χ4v) is 2.61. The van der Waals surface area contributed by atoms with Gasteiger partial charge in [0.25, 0.3) is 0 Å². The zero-order valence-corrected chi connectivity index (χ0v) is 10.8. The molecule has 2 aromatic carbocycles. The Morgan fingerprint density at radius 1 is 1.15 bits per heavy atom. The first kappa shape index (κ1) is 12.5. The Morgan fingerprint density at radius 2 is 2.00 bits per heavy atom. The first-order valence-corrected chi connectivity index (χ1v) is 6.50. The third-order valence-corrected chi connectivity index (χ3v) is 3.64. The summed E-state index contributed by atoms with van der Waals surface area (Å²) in [6.45, 7) is 0. The molecule has 1 aromatic heterocycles. The van der Waals surface area contributed by atoms with Crippen LogP contribution in [0.15, 0.2) is 36.4 Å². The zero-order chi connectivity index (χ0) is 14.1. The Balaban J connectivity index is 1.95. The first-order valence-electron chi connectivity index (χ1n) is 5.68. The van der Waals surface area contributed by atoms with E-state index in [1.54, 1.807) is 6.07 Å². The topological polar surface area (TPSA) is 48.7 Å². The molecule has 1 heterocycles. The van der Waals surface area contributed by atoms with Crippen molar-refractivity contribution in [1.29, 1.82) is 5.26 Å². The van der Waals surface area contributed by atoms with E-state index in [1.165, 1.54) is 35.6 Å². The molecule has 0 bridgehead atoms. The highest BCUT2D eigenvalue weighted by molar-refractivity contribution is 7.22. The van der Waals surface area contributed by atoms with E-state index in [-0.39, 0.29) is 17.1 Å². The smallest absolute Gasteiger partial charge is 0.188 e. The monoisotopic (exact) mass is 287 g/mol. The van der Waals surface area contributed by atoms with Crippen LogP contribution in [-0.4, -0.2) is 4.98 Å². The van der Waals surface area contributed by atoms with Gasteiger partial charge in [0.15, 0.2) is 5.13 Å². The summed E-state index contributed by atoms with van der Waals surface area (Å²) in [5, 5.41) is 12.0. The maximum Gasteiger partial charge on any atom is 0.188 e. The third kappa shape index (κ3) is 2.31. The second kappa shape index (κ2) is 4.87. The number of halogens is 2. The lowest BCUT2D eigenvalue weighted by Gasteiger charge is -2.03. The van der Waals surface area contributed by atoms with Crippen molar-refractivity contribution in [3.8, 4) is 6.07 Å². The van der Waals surface area contributed by atoms with Gasteiger partial charge >= 0.3 is 0 Å². The fourth-order valence-electron chi connectivity index (χ4n) is 1.76. The Hall–Kier alpha value is -2.52. The van der Waals surface area contributed by atoms with Gasteiger partial charge in [-0.1, -0.05) is 11.3 Å². The zero-order valence-electron chi connectivity index (χ0n) is 10.0. The number of nitrogens with zero attached hydrogens (tertiary/aromatic N) is 2. The average Bonchev–Trinajstić information content (AvgIpc) is 2.82. The molecular formula is C14H7F2N3S. The van der Waals surface area contributed by atoms with Gasteiger partial charge in [0.05, 0.1) is 27.5 Å². The number of hydrogen-bond acceptors (Lipinski definition) is 4. The largest absolute Gasteiger partial charge is 0.329 e. The quantitative estimate of drug-likeness (QED) is 0.768. The molecule has 98 valence electrons. The van der Waals surface area contributed by atoms with E-state index in [9.17, 15) is 8.78 Å². The summed E-state index contributed by atoms with van der Waals surface area (Å²) in [7, 11) is 0. The number of rotatable bonds is 2. The highest BCUT2D eigenvalue weighted by Crippen LogP contribution is 2.29. The predicted octanol–water partition coefficient (Wildman–Crippen LogP) is 4.19. The van der Waals surface area contributed by atoms with Crippen molar-refractivity contribution in [3.05, 3.63) is 53.6 Å². The molecule has 0 amide bonds. The molecule has 0 saturated heterocycles. The van der Waals surface area contributed by atoms with Gasteiger partial charge in [-0.2, -0.15) is 5.26 Å². The molecular weight excluding hydrogens is 280 g/mol. The molecule has 0 aliphatic rings. The number of benzene rings is 2. The van der Waals surface area contributed by atoms with Gasteiger partial charge in [-0.3, -0.25) is 0 Å². The van der Waals surface area contributed by atoms with Crippen LogP contribution in [0.4, 0.5) is 19.6 Å². The van der Waals surface area contributed by atoms with Crippen molar-refractivity contribution >= 4 is 32.4 Å². The van der Waals surface area contributed by atoms with Crippen molar-refractivity contribution in [1.82, 2.24) is 4.98 Å². The van der Waals surface area contributed by atoms with Crippen molar-refractivity contribution < 1.29 is 8.78 Å². The number of aromatic nitrogens is 1. The molecule has 20 heavy (non-hydrogen) atoms. The van der Waals surface area contributed by atoms with Crippen LogP contribution in [0.5, 0.6) is 0 Å². The van der Waals surface area contributed by atoms with Crippen LogP contribution in [0, 0.1) is 23.0 Å². The minimum absolute atomic E-state index is 0.225. The van der Waals surface area contributed by atoms with E-state index in [0.29, 0.717) is 10.6 Å². The molecule has 0 radical (unpaired) electrons. The van der Waals surface area contributed by atoms with Gasteiger partial charge < -0.3 is 5.32 Å². The standard InChI is InChI=1S/C14H7F2N3S/c15-9-2-4-13-12(6-9)19-14(20-13)18-11-3-1-8(7-17)5-10(11)16/h1-6H,(H,18,19). The molecule has 0 saturated carbocycles. The lowest BCUT2D eigenvalue weighted by molar-refractivity contribution is 0.629. The minimum Gasteiger partial charge on any atom is -0.329 e. The Kier molecular flexibility index (Phi) is 3.05. The van der Waals surface area contributed by atoms with Crippen molar-refractivity contribution in [3.63, 3.8) is 0 Å². The van der Waals surface area contributed by atoms with Gasteiger partial charge in [-0.15, -0.1) is 0 Å². The van der Waals surface area contributed by atoms with Crippen LogP contribution >= 0.6 is 11.3 Å². The molecule has 6 heteroatoms. The number of hydrogen-bond donors (Lipinski definition) is 1. The maximum atomic E-state index is 13.7. The van der Waals surface area contributed by atoms with E-state index < -0.39 is 5.82 Å². The first-order chi connectivity index (χ1) is 9.65. The fraction of sp³-hybridized carbons (Fsp3) is 0. The summed E-state index contributed by atoms with van der Waals surface area (Å²) in [6, 6.07) is 10.3. The molecule has 0 atom stereocenters. The Labute approximate surface area is 117 Å². The minimum atomic E-state index is -0.533. The summed E-state index contributed by atoms with van der Waals surface area (Å²) in [5.74, 6) is -0.895. The predicted molar refractivity (Wildman–Crippen MR) is 74.0 cm³/mol. The van der Waals surface area contributed by atoms with Gasteiger partial charge in [0, 0.05) is 6.07 Å². The van der Waals surface area contributed by atoms with E-state index in [2.05, 4.69) is 10.3 Å². The number of nitrogens with one attached hydrogen (secondary N) is 1. The van der Waals surface area contributed by atoms with Crippen molar-refractivity contribution in [2.45, 2.75) is 0 Å². The number of nitriles is 1. The van der Waals surface area contributed by atoms with Crippen molar-refractivity contribution in [2.24, 2.45) is 0 Å². The Morgan fingerprint density at radius 3 is 2.75 bits per heavy atom. The van der Waals surface area contributed by atoms with Crippen molar-refractivity contribution in [2.75, 3.05) is 5.32 Å². The molecule has 1 N–H and O–H groups in total. The van der Waals surface area contributed by atoms with Gasteiger partial charge in [0.1, 0.15) is 11.6 Å². The summed E-state index contributed by atoms with van der Waals surface area (Å²) >= 11 is 1.30. The highest BCUT2D eigenvalue weighted by Gasteiger charge is 2.08. The molecule has 3 nitrogen and oxygen atoms in total. The maximum absolute atomic E-state index is 13.7. The third-order valence-electron chi connectivity index (χ3n) is 2.69. The number of thiazole rings is 1. The molecule has 0 fully saturated rings. The van der Waals surface area contributed by atoms with E-state index in [4.69, 9.17) is 5.26 Å². The summed E-state index contributed by atoms with van der Waals surface area (Å²) in [5.41, 5.74) is 0.995. The van der Waals surface area contributed by atoms with E-state index >= 15 is 0 Å². The normalized spacial score (nSPS) is 10.4. The second-order valence-electron chi connectivity index (χ2n) is 4.06. The van der Waals surface area contributed by atoms with Gasteiger partial charge in [-0.25, -0.2) is 13.8 Å². The Bertz CT molecular complexity index is 836. The number of anilines is 2. The lowest BCUT2D eigenvalue weighted by Crippen LogP contribution is -1.93. The average molecular weight is 287 g/mol. The summed E-state index contributed by atoms with van der Waals surface area (Å²) in [4.78, 5) is 4.19. The molecule has 0 unspecified atom stereocenters. The van der Waals surface area contributed by atoms with Crippen LogP contribution in [0.3, 0.4) is 0 Å². The SMILES string of the molecule is N#Cc1ccc(Nc2nc3cc(F)ccc3s2)c(F)c1. The molecule has 3 aromatic rings. The van der Waals surface area contributed by atoms with Crippen LogP contribution in [0.25, 0.3) is 10.2 Å². The highest BCUT2D eigenvalue weighted by atomic mass is 32.1. The van der Waals surface area contributed by atoms with Crippen LogP contribution in [0.1, 0.15) is 5.56 Å². The molecule has 0 spiro atoms. The van der Waals surface area contributed by atoms with Crippen LogP contribution < -0.4 is 5.32 Å². The number of fused-ring (bicyclic) bond motifs is 1.